The zero-order valence-corrected chi connectivity index (χ0v) is 19.8. The third kappa shape index (κ3) is 4.22. The molecule has 5 rings (SSSR count). The number of para-hydroxylation sites is 1. The molecule has 170 valence electrons. The van der Waals surface area contributed by atoms with E-state index in [1.54, 1.807) is 18.2 Å². The Bertz CT molecular complexity index is 1580. The fourth-order valence-electron chi connectivity index (χ4n) is 3.55. The number of nitrogens with zero attached hydrogens (tertiary/aromatic N) is 4. The largest absolute Gasteiger partial charge is 0.419 e. The summed E-state index contributed by atoms with van der Waals surface area (Å²) in [5.41, 5.74) is 2.60. The Labute approximate surface area is 203 Å². The van der Waals surface area contributed by atoms with Crippen LogP contribution in [0.3, 0.4) is 0 Å². The lowest BCUT2D eigenvalue weighted by atomic mass is 10.1. The monoisotopic (exact) mass is 492 g/mol. The van der Waals surface area contributed by atoms with Gasteiger partial charge < -0.3 is 4.42 Å². The highest BCUT2D eigenvalue weighted by atomic mass is 35.5. The lowest BCUT2D eigenvalue weighted by Crippen LogP contribution is -2.22. The van der Waals surface area contributed by atoms with E-state index < -0.39 is 5.82 Å². The van der Waals surface area contributed by atoms with Gasteiger partial charge in [0.05, 0.1) is 26.9 Å². The van der Waals surface area contributed by atoms with Crippen molar-refractivity contribution in [3.05, 3.63) is 99.4 Å². The summed E-state index contributed by atoms with van der Waals surface area (Å²) in [7, 11) is 0. The molecule has 0 amide bonds. The first-order valence-corrected chi connectivity index (χ1v) is 11.7. The smallest absolute Gasteiger partial charge is 0.266 e. The zero-order chi connectivity index (χ0) is 23.8. The molecule has 6 nitrogen and oxygen atoms in total. The number of aryl methyl sites for hydroxylation is 1. The van der Waals surface area contributed by atoms with Crippen molar-refractivity contribution >= 4 is 34.3 Å². The van der Waals surface area contributed by atoms with E-state index in [-0.39, 0.29) is 15.8 Å². The van der Waals surface area contributed by atoms with Gasteiger partial charge in [0.2, 0.25) is 11.8 Å². The molecule has 34 heavy (non-hydrogen) atoms. The van der Waals surface area contributed by atoms with Crippen LogP contribution >= 0.6 is 23.4 Å². The van der Waals surface area contributed by atoms with Gasteiger partial charge >= 0.3 is 0 Å². The van der Waals surface area contributed by atoms with E-state index in [4.69, 9.17) is 21.0 Å². The van der Waals surface area contributed by atoms with Gasteiger partial charge in [-0.15, -0.1) is 10.2 Å². The summed E-state index contributed by atoms with van der Waals surface area (Å²) in [6, 6.07) is 19.0. The van der Waals surface area contributed by atoms with Crippen molar-refractivity contribution < 1.29 is 8.81 Å². The quantitative estimate of drug-likeness (QED) is 0.209. The Balaban J connectivity index is 1.57. The van der Waals surface area contributed by atoms with E-state index in [1.807, 2.05) is 44.2 Å². The molecular weight excluding hydrogens is 475 g/mol. The van der Waals surface area contributed by atoms with Crippen LogP contribution in [-0.4, -0.2) is 19.7 Å². The van der Waals surface area contributed by atoms with Crippen molar-refractivity contribution in [1.82, 2.24) is 19.7 Å². The van der Waals surface area contributed by atoms with Crippen molar-refractivity contribution in [3.63, 3.8) is 0 Å². The molecule has 0 aliphatic carbocycles. The number of halogens is 2. The van der Waals surface area contributed by atoms with Gasteiger partial charge in [-0.3, -0.25) is 9.36 Å². The summed E-state index contributed by atoms with van der Waals surface area (Å²) in [5.74, 6) is 0.247. The van der Waals surface area contributed by atoms with Crippen molar-refractivity contribution in [2.24, 2.45) is 0 Å². The number of hydrogen-bond donors (Lipinski definition) is 0. The second kappa shape index (κ2) is 9.04. The van der Waals surface area contributed by atoms with Crippen LogP contribution in [0.25, 0.3) is 28.0 Å². The molecule has 0 radical (unpaired) electrons. The van der Waals surface area contributed by atoms with Crippen molar-refractivity contribution in [2.45, 2.75) is 24.3 Å². The second-order valence-electron chi connectivity index (χ2n) is 7.73. The van der Waals surface area contributed by atoms with E-state index >= 15 is 0 Å². The molecule has 9 heteroatoms. The number of aromatic nitrogens is 4. The Hall–Kier alpha value is -3.49. The van der Waals surface area contributed by atoms with Crippen LogP contribution in [0.15, 0.2) is 81.1 Å². The molecule has 0 aliphatic rings. The molecule has 0 spiro atoms. The van der Waals surface area contributed by atoms with E-state index in [0.717, 1.165) is 11.1 Å². The van der Waals surface area contributed by atoms with Crippen molar-refractivity contribution in [1.29, 1.82) is 0 Å². The maximum absolute atomic E-state index is 13.8. The molecule has 0 saturated carbocycles. The molecule has 0 aliphatic heterocycles. The number of benzene rings is 3. The minimum atomic E-state index is -0.565. The summed E-state index contributed by atoms with van der Waals surface area (Å²) >= 11 is 7.30. The highest BCUT2D eigenvalue weighted by Gasteiger charge is 2.21. The fourth-order valence-corrected chi connectivity index (χ4v) is 4.68. The number of rotatable bonds is 5. The van der Waals surface area contributed by atoms with Crippen LogP contribution < -0.4 is 5.56 Å². The zero-order valence-electron chi connectivity index (χ0n) is 18.2. The average Bonchev–Trinajstić information content (AvgIpc) is 3.32. The molecule has 2 heterocycles. The first-order valence-electron chi connectivity index (χ1n) is 10.4. The average molecular weight is 493 g/mol. The molecule has 0 fully saturated rings. The van der Waals surface area contributed by atoms with Crippen LogP contribution in [0.2, 0.25) is 5.02 Å². The Morgan fingerprint density at radius 1 is 1.06 bits per heavy atom. The molecule has 2 aromatic heterocycles. The summed E-state index contributed by atoms with van der Waals surface area (Å²) in [4.78, 5) is 18.1. The minimum absolute atomic E-state index is 0.0822. The van der Waals surface area contributed by atoms with Gasteiger partial charge in [0, 0.05) is 5.56 Å². The standard InChI is InChI=1S/C25H18ClFN4O2S/c1-14-6-5-7-16(12-14)23-30-29-22(33-23)15(2)34-25-28-21-9-4-3-8-18(21)24(32)31(25)17-10-11-20(27)19(26)13-17/h3-13,15H,1-2H3. The van der Waals surface area contributed by atoms with Crippen LogP contribution in [0.5, 0.6) is 0 Å². The van der Waals surface area contributed by atoms with Gasteiger partial charge in [-0.1, -0.05) is 53.2 Å². The van der Waals surface area contributed by atoms with Crippen molar-refractivity contribution in [3.8, 4) is 17.1 Å². The van der Waals surface area contributed by atoms with Gasteiger partial charge in [0.1, 0.15) is 5.82 Å². The van der Waals surface area contributed by atoms with Gasteiger partial charge in [0.15, 0.2) is 5.16 Å². The second-order valence-corrected chi connectivity index (χ2v) is 9.44. The Kier molecular flexibility index (Phi) is 5.93. The lowest BCUT2D eigenvalue weighted by Gasteiger charge is -2.15. The SMILES string of the molecule is Cc1cccc(-c2nnc(C(C)Sc3nc4ccccc4c(=O)n3-c3ccc(F)c(Cl)c3)o2)c1. The van der Waals surface area contributed by atoms with Gasteiger partial charge in [-0.25, -0.2) is 9.37 Å². The molecular formula is C25H18ClFN4O2S. The van der Waals surface area contributed by atoms with Gasteiger partial charge in [-0.05, 0) is 56.3 Å². The number of thioether (sulfide) groups is 1. The predicted octanol–water partition coefficient (Wildman–Crippen LogP) is 6.39. The van der Waals surface area contributed by atoms with Crippen molar-refractivity contribution in [2.75, 3.05) is 0 Å². The third-order valence-corrected chi connectivity index (χ3v) is 6.57. The summed E-state index contributed by atoms with van der Waals surface area (Å²) in [5, 5.41) is 8.83. The minimum Gasteiger partial charge on any atom is -0.419 e. The maximum atomic E-state index is 13.8. The topological polar surface area (TPSA) is 73.8 Å². The normalized spacial score (nSPS) is 12.2. The molecule has 0 saturated heterocycles. The molecule has 1 atom stereocenters. The summed E-state index contributed by atoms with van der Waals surface area (Å²) in [6.07, 6.45) is 0. The van der Waals surface area contributed by atoms with E-state index in [1.165, 1.54) is 34.5 Å². The molecule has 5 aromatic rings. The predicted molar refractivity (Wildman–Crippen MR) is 131 cm³/mol. The molecule has 3 aromatic carbocycles. The van der Waals surface area contributed by atoms with E-state index in [9.17, 15) is 9.18 Å². The first-order chi connectivity index (χ1) is 16.4. The van der Waals surface area contributed by atoms with E-state index in [2.05, 4.69) is 10.2 Å². The Morgan fingerprint density at radius 2 is 1.88 bits per heavy atom. The van der Waals surface area contributed by atoms with Gasteiger partial charge in [-0.2, -0.15) is 0 Å². The lowest BCUT2D eigenvalue weighted by molar-refractivity contribution is 0.508. The Morgan fingerprint density at radius 3 is 2.68 bits per heavy atom. The number of fused-ring (bicyclic) bond motifs is 1. The van der Waals surface area contributed by atoms with E-state index in [0.29, 0.717) is 33.5 Å². The molecule has 1 unspecified atom stereocenters. The summed E-state index contributed by atoms with van der Waals surface area (Å²) in [6.45, 7) is 3.88. The maximum Gasteiger partial charge on any atom is 0.266 e. The summed E-state index contributed by atoms with van der Waals surface area (Å²) < 4.78 is 21.2. The fraction of sp³-hybridized carbons (Fsp3) is 0.120. The third-order valence-electron chi connectivity index (χ3n) is 5.24. The highest BCUT2D eigenvalue weighted by molar-refractivity contribution is 7.99. The van der Waals surface area contributed by atoms with Crippen LogP contribution in [-0.2, 0) is 0 Å². The van der Waals surface area contributed by atoms with Gasteiger partial charge in [0.25, 0.3) is 5.56 Å². The van der Waals surface area contributed by atoms with Crippen LogP contribution in [0.1, 0.15) is 23.6 Å². The van der Waals surface area contributed by atoms with Crippen LogP contribution in [0.4, 0.5) is 4.39 Å². The highest BCUT2D eigenvalue weighted by Crippen LogP contribution is 2.35. The molecule has 0 N–H and O–H groups in total. The molecule has 0 bridgehead atoms. The van der Waals surface area contributed by atoms with Crippen LogP contribution in [0, 0.1) is 12.7 Å². The number of hydrogen-bond acceptors (Lipinski definition) is 6. The first kappa shape index (κ1) is 22.3.